The van der Waals surface area contributed by atoms with Crippen molar-refractivity contribution < 1.29 is 9.90 Å². The molecule has 0 spiro atoms. The number of nitrogens with zero attached hydrogens (tertiary/aromatic N) is 5. The molecule has 0 saturated carbocycles. The molecule has 2 aromatic rings. The van der Waals surface area contributed by atoms with Crippen molar-refractivity contribution in [2.75, 3.05) is 31.6 Å². The maximum Gasteiger partial charge on any atom is 0.321 e. The molecule has 2 saturated heterocycles. The third kappa shape index (κ3) is 4.34. The molecule has 150 valence electrons. The number of anilines is 1. The molecule has 0 aliphatic carbocycles. The van der Waals surface area contributed by atoms with Crippen LogP contribution >= 0.6 is 0 Å². The predicted octanol–water partition coefficient (Wildman–Crippen LogP) is 2.10. The smallest absolute Gasteiger partial charge is 0.321 e. The van der Waals surface area contributed by atoms with Gasteiger partial charge in [0, 0.05) is 31.4 Å². The maximum atomic E-state index is 12.4. The summed E-state index contributed by atoms with van der Waals surface area (Å²) < 4.78 is 1.95. The van der Waals surface area contributed by atoms with Crippen LogP contribution in [-0.4, -0.2) is 68.2 Å². The number of carbonyl (C=O) groups is 1. The van der Waals surface area contributed by atoms with E-state index in [4.69, 9.17) is 0 Å². The number of nitrogens with one attached hydrogen (secondary N) is 1. The van der Waals surface area contributed by atoms with Crippen molar-refractivity contribution in [3.63, 3.8) is 0 Å². The zero-order valence-corrected chi connectivity index (χ0v) is 16.1. The van der Waals surface area contributed by atoms with Gasteiger partial charge in [0.25, 0.3) is 0 Å². The van der Waals surface area contributed by atoms with Crippen LogP contribution in [0.3, 0.4) is 0 Å². The Bertz CT molecular complexity index is 772. The van der Waals surface area contributed by atoms with Crippen LogP contribution in [0.1, 0.15) is 37.4 Å². The summed E-state index contributed by atoms with van der Waals surface area (Å²) in [5, 5.41) is 21.1. The molecule has 2 aliphatic rings. The summed E-state index contributed by atoms with van der Waals surface area (Å²) in [6, 6.07) is 10.0. The number of urea groups is 1. The first-order valence-electron chi connectivity index (χ1n) is 10.1. The molecule has 2 amide bonds. The van der Waals surface area contributed by atoms with E-state index in [2.05, 4.69) is 20.5 Å². The molecule has 2 N–H and O–H groups in total. The number of aliphatic hydroxyl groups is 1. The minimum atomic E-state index is -0.0481. The normalized spacial score (nSPS) is 21.2. The van der Waals surface area contributed by atoms with Crippen LogP contribution in [0.25, 0.3) is 0 Å². The van der Waals surface area contributed by atoms with Crippen molar-refractivity contribution >= 4 is 11.7 Å². The van der Waals surface area contributed by atoms with Gasteiger partial charge in [0.05, 0.1) is 24.5 Å². The average Bonchev–Trinajstić information content (AvgIpc) is 3.38. The zero-order valence-electron chi connectivity index (χ0n) is 16.1. The number of para-hydroxylation sites is 1. The number of aromatic nitrogens is 3. The molecule has 0 bridgehead atoms. The fraction of sp³-hybridized carbons (Fsp3) is 0.550. The molecular weight excluding hydrogens is 356 g/mol. The van der Waals surface area contributed by atoms with Crippen molar-refractivity contribution in [2.24, 2.45) is 0 Å². The Hall–Kier alpha value is -2.45. The van der Waals surface area contributed by atoms with Crippen LogP contribution in [0.15, 0.2) is 36.5 Å². The first-order chi connectivity index (χ1) is 13.7. The average molecular weight is 384 g/mol. The summed E-state index contributed by atoms with van der Waals surface area (Å²) in [6.07, 6.45) is 5.94. The number of rotatable bonds is 5. The van der Waals surface area contributed by atoms with E-state index in [1.54, 1.807) is 0 Å². The van der Waals surface area contributed by atoms with Crippen molar-refractivity contribution in [3.05, 3.63) is 42.2 Å². The monoisotopic (exact) mass is 384 g/mol. The zero-order chi connectivity index (χ0) is 19.3. The number of hydrogen-bond acceptors (Lipinski definition) is 5. The fourth-order valence-electron chi connectivity index (χ4n) is 4.14. The second kappa shape index (κ2) is 8.70. The molecule has 1 aromatic heterocycles. The van der Waals surface area contributed by atoms with Crippen molar-refractivity contribution in [2.45, 2.75) is 44.3 Å². The van der Waals surface area contributed by atoms with Crippen LogP contribution in [0.2, 0.25) is 0 Å². The molecule has 3 heterocycles. The van der Waals surface area contributed by atoms with Gasteiger partial charge in [0.2, 0.25) is 0 Å². The molecule has 1 aromatic carbocycles. The highest BCUT2D eigenvalue weighted by Crippen LogP contribution is 2.24. The van der Waals surface area contributed by atoms with E-state index in [0.29, 0.717) is 13.1 Å². The topological polar surface area (TPSA) is 86.5 Å². The summed E-state index contributed by atoms with van der Waals surface area (Å²) in [4.78, 5) is 16.6. The Morgan fingerprint density at radius 1 is 1.14 bits per heavy atom. The lowest BCUT2D eigenvalue weighted by atomic mass is 10.1. The quantitative estimate of drug-likeness (QED) is 0.824. The minimum Gasteiger partial charge on any atom is -0.395 e. The largest absolute Gasteiger partial charge is 0.395 e. The van der Waals surface area contributed by atoms with Gasteiger partial charge >= 0.3 is 6.03 Å². The van der Waals surface area contributed by atoms with Crippen molar-refractivity contribution in [1.29, 1.82) is 0 Å². The van der Waals surface area contributed by atoms with Gasteiger partial charge in [-0.2, -0.15) is 0 Å². The van der Waals surface area contributed by atoms with Crippen molar-refractivity contribution in [1.82, 2.24) is 24.8 Å². The van der Waals surface area contributed by atoms with E-state index in [9.17, 15) is 9.90 Å². The number of carbonyl (C=O) groups excluding carboxylic acids is 1. The van der Waals surface area contributed by atoms with Crippen molar-refractivity contribution in [3.8, 4) is 0 Å². The third-order valence-corrected chi connectivity index (χ3v) is 5.78. The maximum absolute atomic E-state index is 12.4. The predicted molar refractivity (Wildman–Crippen MR) is 106 cm³/mol. The van der Waals surface area contributed by atoms with E-state index >= 15 is 0 Å². The number of aliphatic hydroxyl groups excluding tert-OH is 1. The van der Waals surface area contributed by atoms with E-state index in [-0.39, 0.29) is 24.7 Å². The lowest BCUT2D eigenvalue weighted by Crippen LogP contribution is -2.41. The van der Waals surface area contributed by atoms with Crippen LogP contribution in [0.5, 0.6) is 0 Å². The Morgan fingerprint density at radius 3 is 2.68 bits per heavy atom. The first kappa shape index (κ1) is 18.9. The lowest BCUT2D eigenvalue weighted by Gasteiger charge is -2.31. The Labute approximate surface area is 165 Å². The number of hydrogen-bond donors (Lipinski definition) is 2. The Kier molecular flexibility index (Phi) is 5.87. The number of likely N-dealkylation sites (tertiary alicyclic amines) is 2. The van der Waals surface area contributed by atoms with E-state index in [0.717, 1.165) is 50.2 Å². The first-order valence-corrected chi connectivity index (χ1v) is 10.1. The van der Waals surface area contributed by atoms with E-state index < -0.39 is 0 Å². The summed E-state index contributed by atoms with van der Waals surface area (Å²) in [5.41, 5.74) is 1.77. The SMILES string of the molecule is O=C(Nc1ccccc1)N1CCC(n2cc(CN3CCC[C@@H]3CO)nn2)CC1. The molecule has 0 radical (unpaired) electrons. The molecule has 4 rings (SSSR count). The van der Waals surface area contributed by atoms with Gasteiger partial charge in [-0.1, -0.05) is 23.4 Å². The molecule has 1 atom stereocenters. The second-order valence-corrected chi connectivity index (χ2v) is 7.65. The summed E-state index contributed by atoms with van der Waals surface area (Å²) >= 11 is 0. The molecule has 8 heteroatoms. The number of piperidine rings is 1. The van der Waals surface area contributed by atoms with Gasteiger partial charge in [0.15, 0.2) is 0 Å². The molecule has 2 fully saturated rings. The highest BCUT2D eigenvalue weighted by Gasteiger charge is 2.27. The molecule has 8 nitrogen and oxygen atoms in total. The fourth-order valence-corrected chi connectivity index (χ4v) is 4.14. The molecule has 0 unspecified atom stereocenters. The second-order valence-electron chi connectivity index (χ2n) is 7.65. The van der Waals surface area contributed by atoms with Gasteiger partial charge in [0.1, 0.15) is 0 Å². The Balaban J connectivity index is 1.28. The van der Waals surface area contributed by atoms with Crippen LogP contribution in [0, 0.1) is 0 Å². The van der Waals surface area contributed by atoms with Crippen LogP contribution in [-0.2, 0) is 6.54 Å². The molecular formula is C20H28N6O2. The summed E-state index contributed by atoms with van der Waals surface area (Å²) in [6.45, 7) is 3.36. The van der Waals surface area contributed by atoms with Crippen LogP contribution < -0.4 is 5.32 Å². The van der Waals surface area contributed by atoms with Gasteiger partial charge < -0.3 is 15.3 Å². The highest BCUT2D eigenvalue weighted by atomic mass is 16.3. The van der Waals surface area contributed by atoms with E-state index in [1.165, 1.54) is 0 Å². The summed E-state index contributed by atoms with van der Waals surface area (Å²) in [7, 11) is 0. The lowest BCUT2D eigenvalue weighted by molar-refractivity contribution is 0.152. The highest BCUT2D eigenvalue weighted by molar-refractivity contribution is 5.89. The third-order valence-electron chi connectivity index (χ3n) is 5.78. The van der Waals surface area contributed by atoms with Gasteiger partial charge in [-0.3, -0.25) is 4.90 Å². The van der Waals surface area contributed by atoms with Gasteiger partial charge in [-0.15, -0.1) is 5.10 Å². The molecule has 28 heavy (non-hydrogen) atoms. The Morgan fingerprint density at radius 2 is 1.93 bits per heavy atom. The number of amides is 2. The number of benzene rings is 1. The van der Waals surface area contributed by atoms with E-state index in [1.807, 2.05) is 46.1 Å². The van der Waals surface area contributed by atoms with Gasteiger partial charge in [-0.05, 0) is 44.4 Å². The van der Waals surface area contributed by atoms with Gasteiger partial charge in [-0.25, -0.2) is 9.48 Å². The minimum absolute atomic E-state index is 0.0481. The standard InChI is InChI=1S/C20H28N6O2/c27-15-19-7-4-10-25(19)13-17-14-26(23-22-17)18-8-11-24(12-9-18)20(28)21-16-5-2-1-3-6-16/h1-3,5-6,14,18-19,27H,4,7-13,15H2,(H,21,28)/t19-/m1/s1. The summed E-state index contributed by atoms with van der Waals surface area (Å²) in [5.74, 6) is 0. The van der Waals surface area contributed by atoms with Crippen LogP contribution in [0.4, 0.5) is 10.5 Å². The molecule has 2 aliphatic heterocycles.